The molecule has 1 heterocycles. The third kappa shape index (κ3) is 4.22. The lowest BCUT2D eigenvalue weighted by Gasteiger charge is -2.27. The van der Waals surface area contributed by atoms with Crippen LogP contribution in [0.15, 0.2) is 48.5 Å². The molecule has 24 heavy (non-hydrogen) atoms. The van der Waals surface area contributed by atoms with E-state index < -0.39 is 6.10 Å². The van der Waals surface area contributed by atoms with Crippen LogP contribution in [0.1, 0.15) is 28.4 Å². The number of nitrogens with one attached hydrogen (secondary N) is 1. The van der Waals surface area contributed by atoms with Gasteiger partial charge in [0.05, 0.1) is 6.54 Å². The Labute approximate surface area is 142 Å². The van der Waals surface area contributed by atoms with Gasteiger partial charge in [0, 0.05) is 17.5 Å². The number of ketones is 1. The van der Waals surface area contributed by atoms with Crippen molar-refractivity contribution in [3.8, 4) is 5.75 Å². The molecule has 0 saturated carbocycles. The number of fused-ring (bicyclic) bond motifs is 1. The summed E-state index contributed by atoms with van der Waals surface area (Å²) in [5, 5.41) is 10.3. The van der Waals surface area contributed by atoms with Crippen molar-refractivity contribution >= 4 is 5.78 Å². The second-order valence-corrected chi connectivity index (χ2v) is 6.45. The first kappa shape index (κ1) is 16.7. The van der Waals surface area contributed by atoms with Crippen LogP contribution in [-0.2, 0) is 13.0 Å². The standard InChI is InChI=1S/C20H23NO3/c1-15(22)16-6-8-20(9-7-16)24-14-19(23)13-21-11-10-17-4-2-3-5-18(17)12-21/h2-9,19,23H,10-14H2,1H3/p+1/t19-/m0/s1. The van der Waals surface area contributed by atoms with Gasteiger partial charge in [-0.3, -0.25) is 4.79 Å². The fourth-order valence-corrected chi connectivity index (χ4v) is 3.19. The molecule has 2 aromatic carbocycles. The predicted molar refractivity (Wildman–Crippen MR) is 92.5 cm³/mol. The van der Waals surface area contributed by atoms with Crippen LogP contribution in [0.3, 0.4) is 0 Å². The second-order valence-electron chi connectivity index (χ2n) is 6.45. The van der Waals surface area contributed by atoms with E-state index in [4.69, 9.17) is 4.74 Å². The number of hydrogen-bond acceptors (Lipinski definition) is 3. The fraction of sp³-hybridized carbons (Fsp3) is 0.350. The minimum atomic E-state index is -0.502. The molecular formula is C20H24NO3+. The average molecular weight is 326 g/mol. The van der Waals surface area contributed by atoms with Crippen molar-refractivity contribution < 1.29 is 19.5 Å². The Morgan fingerprint density at radius 1 is 1.17 bits per heavy atom. The summed E-state index contributed by atoms with van der Waals surface area (Å²) in [6, 6.07) is 15.6. The van der Waals surface area contributed by atoms with E-state index in [9.17, 15) is 9.90 Å². The minimum absolute atomic E-state index is 0.0376. The quantitative estimate of drug-likeness (QED) is 0.786. The Balaban J connectivity index is 1.48. The van der Waals surface area contributed by atoms with Crippen LogP contribution in [0.25, 0.3) is 0 Å². The van der Waals surface area contributed by atoms with Crippen molar-refractivity contribution in [3.05, 3.63) is 65.2 Å². The van der Waals surface area contributed by atoms with Gasteiger partial charge in [0.25, 0.3) is 0 Å². The molecule has 0 spiro atoms. The molecule has 0 amide bonds. The zero-order valence-corrected chi connectivity index (χ0v) is 14.0. The van der Waals surface area contributed by atoms with E-state index in [-0.39, 0.29) is 12.4 Å². The second kappa shape index (κ2) is 7.60. The lowest BCUT2D eigenvalue weighted by Crippen LogP contribution is -3.13. The van der Waals surface area contributed by atoms with Crippen LogP contribution in [0, 0.1) is 0 Å². The van der Waals surface area contributed by atoms with Gasteiger partial charge in [-0.2, -0.15) is 0 Å². The van der Waals surface area contributed by atoms with E-state index >= 15 is 0 Å². The first-order valence-corrected chi connectivity index (χ1v) is 8.44. The van der Waals surface area contributed by atoms with E-state index in [1.807, 2.05) is 0 Å². The summed E-state index contributed by atoms with van der Waals surface area (Å²) >= 11 is 0. The molecule has 3 rings (SSSR count). The highest BCUT2D eigenvalue weighted by molar-refractivity contribution is 5.94. The zero-order valence-electron chi connectivity index (χ0n) is 14.0. The van der Waals surface area contributed by atoms with Gasteiger partial charge in [-0.05, 0) is 36.8 Å². The largest absolute Gasteiger partial charge is 0.491 e. The molecule has 0 aliphatic carbocycles. The van der Waals surface area contributed by atoms with Crippen LogP contribution in [0.2, 0.25) is 0 Å². The van der Waals surface area contributed by atoms with Crippen molar-refractivity contribution in [1.82, 2.24) is 0 Å². The van der Waals surface area contributed by atoms with Crippen LogP contribution >= 0.6 is 0 Å². The smallest absolute Gasteiger partial charge is 0.159 e. The Morgan fingerprint density at radius 2 is 1.88 bits per heavy atom. The minimum Gasteiger partial charge on any atom is -0.491 e. The summed E-state index contributed by atoms with van der Waals surface area (Å²) in [5.74, 6) is 0.716. The van der Waals surface area contributed by atoms with E-state index in [0.717, 1.165) is 19.5 Å². The number of aliphatic hydroxyl groups is 1. The molecule has 2 atom stereocenters. The molecular weight excluding hydrogens is 302 g/mol. The highest BCUT2D eigenvalue weighted by Gasteiger charge is 2.21. The third-order valence-electron chi connectivity index (χ3n) is 4.53. The van der Waals surface area contributed by atoms with Crippen LogP contribution in [0.4, 0.5) is 0 Å². The molecule has 1 aliphatic heterocycles. The fourth-order valence-electron chi connectivity index (χ4n) is 3.19. The van der Waals surface area contributed by atoms with Crippen molar-refractivity contribution in [2.24, 2.45) is 0 Å². The van der Waals surface area contributed by atoms with Gasteiger partial charge in [0.2, 0.25) is 0 Å². The monoisotopic (exact) mass is 326 g/mol. The van der Waals surface area contributed by atoms with Gasteiger partial charge < -0.3 is 14.7 Å². The zero-order chi connectivity index (χ0) is 16.9. The number of benzene rings is 2. The Morgan fingerprint density at radius 3 is 2.58 bits per heavy atom. The topological polar surface area (TPSA) is 51.0 Å². The number of Topliss-reactive ketones (excluding diaryl/α,β-unsaturated/α-hetero) is 1. The van der Waals surface area contributed by atoms with E-state index in [2.05, 4.69) is 24.3 Å². The number of carbonyl (C=O) groups is 1. The maximum absolute atomic E-state index is 11.2. The van der Waals surface area contributed by atoms with Crippen molar-refractivity contribution in [3.63, 3.8) is 0 Å². The number of rotatable bonds is 6. The van der Waals surface area contributed by atoms with Gasteiger partial charge in [-0.1, -0.05) is 24.3 Å². The Hall–Kier alpha value is -2.17. The molecule has 0 aromatic heterocycles. The summed E-state index contributed by atoms with van der Waals surface area (Å²) in [7, 11) is 0. The SMILES string of the molecule is CC(=O)c1ccc(OC[C@@H](O)C[NH+]2CCc3ccccc3C2)cc1. The van der Waals surface area contributed by atoms with Gasteiger partial charge in [0.15, 0.2) is 5.78 Å². The number of ether oxygens (including phenoxy) is 1. The van der Waals surface area contributed by atoms with Crippen molar-refractivity contribution in [2.75, 3.05) is 19.7 Å². The summed E-state index contributed by atoms with van der Waals surface area (Å²) in [5.41, 5.74) is 3.48. The first-order chi connectivity index (χ1) is 11.6. The van der Waals surface area contributed by atoms with E-state index in [1.54, 1.807) is 31.2 Å². The summed E-state index contributed by atoms with van der Waals surface area (Å²) in [6.07, 6.45) is 0.559. The predicted octanol–water partition coefficient (Wildman–Crippen LogP) is 1.27. The molecule has 0 bridgehead atoms. The molecule has 0 saturated heterocycles. The maximum Gasteiger partial charge on any atom is 0.159 e. The Kier molecular flexibility index (Phi) is 5.28. The normalized spacial score (nSPS) is 17.8. The van der Waals surface area contributed by atoms with Crippen molar-refractivity contribution in [2.45, 2.75) is 26.0 Å². The summed E-state index contributed by atoms with van der Waals surface area (Å²) in [4.78, 5) is 12.6. The highest BCUT2D eigenvalue weighted by Crippen LogP contribution is 2.13. The first-order valence-electron chi connectivity index (χ1n) is 8.44. The molecule has 1 unspecified atom stereocenters. The highest BCUT2D eigenvalue weighted by atomic mass is 16.5. The van der Waals surface area contributed by atoms with E-state index in [1.165, 1.54) is 16.0 Å². The average Bonchev–Trinajstić information content (AvgIpc) is 2.60. The van der Waals surface area contributed by atoms with Crippen LogP contribution in [-0.4, -0.2) is 36.7 Å². The summed E-state index contributed by atoms with van der Waals surface area (Å²) < 4.78 is 5.64. The molecule has 1 aliphatic rings. The van der Waals surface area contributed by atoms with E-state index in [0.29, 0.717) is 17.9 Å². The van der Waals surface area contributed by atoms with Gasteiger partial charge in [-0.25, -0.2) is 0 Å². The number of carbonyl (C=O) groups excluding carboxylic acids is 1. The molecule has 4 nitrogen and oxygen atoms in total. The molecule has 2 aromatic rings. The van der Waals surface area contributed by atoms with Crippen LogP contribution < -0.4 is 9.64 Å². The molecule has 0 radical (unpaired) electrons. The Bertz CT molecular complexity index is 696. The van der Waals surface area contributed by atoms with Crippen LogP contribution in [0.5, 0.6) is 5.75 Å². The van der Waals surface area contributed by atoms with Gasteiger partial charge >= 0.3 is 0 Å². The molecule has 4 heteroatoms. The van der Waals surface area contributed by atoms with Gasteiger partial charge in [-0.15, -0.1) is 0 Å². The summed E-state index contributed by atoms with van der Waals surface area (Å²) in [6.45, 7) is 4.49. The lowest BCUT2D eigenvalue weighted by atomic mass is 10.00. The third-order valence-corrected chi connectivity index (χ3v) is 4.53. The molecule has 126 valence electrons. The number of aliphatic hydroxyl groups excluding tert-OH is 1. The maximum atomic E-state index is 11.2. The number of quaternary nitrogens is 1. The number of hydrogen-bond donors (Lipinski definition) is 2. The molecule has 2 N–H and O–H groups in total. The van der Waals surface area contributed by atoms with Gasteiger partial charge in [0.1, 0.15) is 31.5 Å². The molecule has 0 fully saturated rings. The lowest BCUT2D eigenvalue weighted by molar-refractivity contribution is -0.918. The van der Waals surface area contributed by atoms with Crippen molar-refractivity contribution in [1.29, 1.82) is 0 Å².